The second kappa shape index (κ2) is 7.31. The number of halogens is 1. The SMILES string of the molecule is Cc1c(C(=O)Nc2ccc(Cl)c(C(=O)N(C)C)c2)cccc1[N+](=O)[O-]. The predicted molar refractivity (Wildman–Crippen MR) is 95.3 cm³/mol. The molecule has 0 spiro atoms. The van der Waals surface area contributed by atoms with Crippen LogP contribution in [0.1, 0.15) is 26.3 Å². The van der Waals surface area contributed by atoms with Crippen molar-refractivity contribution < 1.29 is 14.5 Å². The Morgan fingerprint density at radius 1 is 1.16 bits per heavy atom. The van der Waals surface area contributed by atoms with Crippen LogP contribution in [0.15, 0.2) is 36.4 Å². The van der Waals surface area contributed by atoms with Gasteiger partial charge in [0, 0.05) is 37.0 Å². The second-order valence-electron chi connectivity index (χ2n) is 5.56. The van der Waals surface area contributed by atoms with Crippen LogP contribution in [0.25, 0.3) is 0 Å². The summed E-state index contributed by atoms with van der Waals surface area (Å²) in [5, 5.41) is 13.9. The molecule has 2 aromatic carbocycles. The zero-order valence-electron chi connectivity index (χ0n) is 13.9. The van der Waals surface area contributed by atoms with E-state index in [0.29, 0.717) is 5.69 Å². The standard InChI is InChI=1S/C17H16ClN3O4/c1-10-12(5-4-6-15(10)21(24)25)16(22)19-11-7-8-14(18)13(9-11)17(23)20(2)3/h4-9H,1-3H3,(H,19,22). The first kappa shape index (κ1) is 18.4. The van der Waals surface area contributed by atoms with E-state index in [2.05, 4.69) is 5.32 Å². The van der Waals surface area contributed by atoms with Crippen molar-refractivity contribution in [3.8, 4) is 0 Å². The van der Waals surface area contributed by atoms with Gasteiger partial charge in [0.2, 0.25) is 0 Å². The Labute approximate surface area is 149 Å². The largest absolute Gasteiger partial charge is 0.345 e. The number of amides is 2. The number of carbonyl (C=O) groups excluding carboxylic acids is 2. The molecule has 0 heterocycles. The number of carbonyl (C=O) groups is 2. The monoisotopic (exact) mass is 361 g/mol. The van der Waals surface area contributed by atoms with Gasteiger partial charge in [-0.05, 0) is 31.2 Å². The van der Waals surface area contributed by atoms with E-state index in [1.165, 1.54) is 42.2 Å². The highest BCUT2D eigenvalue weighted by atomic mass is 35.5. The smallest absolute Gasteiger partial charge is 0.273 e. The molecule has 130 valence electrons. The van der Waals surface area contributed by atoms with Gasteiger partial charge in [-0.3, -0.25) is 19.7 Å². The van der Waals surface area contributed by atoms with Gasteiger partial charge in [0.15, 0.2) is 0 Å². The van der Waals surface area contributed by atoms with Crippen molar-refractivity contribution >= 4 is 34.8 Å². The third-order valence-electron chi connectivity index (χ3n) is 3.61. The highest BCUT2D eigenvalue weighted by Gasteiger charge is 2.19. The molecule has 0 radical (unpaired) electrons. The van der Waals surface area contributed by atoms with E-state index >= 15 is 0 Å². The molecule has 0 aliphatic carbocycles. The molecule has 1 N–H and O–H groups in total. The minimum absolute atomic E-state index is 0.132. The van der Waals surface area contributed by atoms with Crippen molar-refractivity contribution in [3.05, 3.63) is 68.2 Å². The van der Waals surface area contributed by atoms with E-state index in [4.69, 9.17) is 11.6 Å². The van der Waals surface area contributed by atoms with Gasteiger partial charge >= 0.3 is 0 Å². The Bertz CT molecular complexity index is 865. The third kappa shape index (κ3) is 3.95. The lowest BCUT2D eigenvalue weighted by molar-refractivity contribution is -0.385. The summed E-state index contributed by atoms with van der Waals surface area (Å²) in [6.07, 6.45) is 0. The fourth-order valence-electron chi connectivity index (χ4n) is 2.27. The first-order valence-corrected chi connectivity index (χ1v) is 7.66. The minimum atomic E-state index is -0.539. The molecule has 25 heavy (non-hydrogen) atoms. The number of nitrogens with zero attached hydrogens (tertiary/aromatic N) is 2. The summed E-state index contributed by atoms with van der Waals surface area (Å²) in [4.78, 5) is 36.4. The van der Waals surface area contributed by atoms with Crippen LogP contribution in [0.2, 0.25) is 5.02 Å². The van der Waals surface area contributed by atoms with Crippen LogP contribution < -0.4 is 5.32 Å². The number of nitrogens with one attached hydrogen (secondary N) is 1. The molecule has 7 nitrogen and oxygen atoms in total. The van der Waals surface area contributed by atoms with Gasteiger partial charge in [-0.1, -0.05) is 17.7 Å². The first-order chi connectivity index (χ1) is 11.7. The van der Waals surface area contributed by atoms with Gasteiger partial charge in [-0.2, -0.15) is 0 Å². The lowest BCUT2D eigenvalue weighted by atomic mass is 10.1. The maximum Gasteiger partial charge on any atom is 0.273 e. The number of hydrogen-bond acceptors (Lipinski definition) is 4. The van der Waals surface area contributed by atoms with Gasteiger partial charge in [0.05, 0.1) is 15.5 Å². The fraction of sp³-hybridized carbons (Fsp3) is 0.176. The number of nitro groups is 1. The zero-order valence-corrected chi connectivity index (χ0v) is 14.6. The van der Waals surface area contributed by atoms with Gasteiger partial charge in [0.25, 0.3) is 17.5 Å². The number of hydrogen-bond donors (Lipinski definition) is 1. The number of rotatable bonds is 4. The van der Waals surface area contributed by atoms with Crippen LogP contribution in [-0.2, 0) is 0 Å². The maximum absolute atomic E-state index is 12.4. The Morgan fingerprint density at radius 2 is 1.84 bits per heavy atom. The van der Waals surface area contributed by atoms with Gasteiger partial charge < -0.3 is 10.2 Å². The van der Waals surface area contributed by atoms with Gasteiger partial charge in [-0.25, -0.2) is 0 Å². The molecule has 2 aromatic rings. The van der Waals surface area contributed by atoms with Crippen molar-refractivity contribution in [2.24, 2.45) is 0 Å². The molecule has 0 fully saturated rings. The molecule has 2 amide bonds. The lowest BCUT2D eigenvalue weighted by Gasteiger charge is -2.13. The Morgan fingerprint density at radius 3 is 2.44 bits per heavy atom. The average molecular weight is 362 g/mol. The number of anilines is 1. The number of nitro benzene ring substituents is 1. The van der Waals surface area contributed by atoms with E-state index in [9.17, 15) is 19.7 Å². The molecular formula is C17H16ClN3O4. The van der Waals surface area contributed by atoms with E-state index in [1.54, 1.807) is 20.2 Å². The second-order valence-corrected chi connectivity index (χ2v) is 5.96. The summed E-state index contributed by atoms with van der Waals surface area (Å²) >= 11 is 6.03. The fourth-order valence-corrected chi connectivity index (χ4v) is 2.47. The van der Waals surface area contributed by atoms with Crippen LogP contribution in [-0.4, -0.2) is 35.7 Å². The van der Waals surface area contributed by atoms with Crippen molar-refractivity contribution in [3.63, 3.8) is 0 Å². The summed E-state index contributed by atoms with van der Waals surface area (Å²) in [6, 6.07) is 8.81. The highest BCUT2D eigenvalue weighted by molar-refractivity contribution is 6.34. The van der Waals surface area contributed by atoms with Crippen molar-refractivity contribution in [2.45, 2.75) is 6.92 Å². The molecule has 0 aliphatic heterocycles. The molecule has 2 rings (SSSR count). The van der Waals surface area contributed by atoms with Gasteiger partial charge in [0.1, 0.15) is 0 Å². The molecule has 0 saturated carbocycles. The van der Waals surface area contributed by atoms with E-state index in [1.807, 2.05) is 0 Å². The van der Waals surface area contributed by atoms with Crippen LogP contribution in [0.3, 0.4) is 0 Å². The molecule has 0 atom stereocenters. The Hall–Kier alpha value is -2.93. The molecule has 0 saturated heterocycles. The summed E-state index contributed by atoms with van der Waals surface area (Å²) < 4.78 is 0. The minimum Gasteiger partial charge on any atom is -0.345 e. The lowest BCUT2D eigenvalue weighted by Crippen LogP contribution is -2.22. The third-order valence-corrected chi connectivity index (χ3v) is 3.94. The van der Waals surface area contributed by atoms with Crippen molar-refractivity contribution in [2.75, 3.05) is 19.4 Å². The van der Waals surface area contributed by atoms with E-state index < -0.39 is 10.8 Å². The topological polar surface area (TPSA) is 92.6 Å². The maximum atomic E-state index is 12.4. The molecule has 0 aromatic heterocycles. The Balaban J connectivity index is 2.33. The molecule has 0 bridgehead atoms. The summed E-state index contributed by atoms with van der Waals surface area (Å²) in [5.74, 6) is -0.806. The van der Waals surface area contributed by atoms with E-state index in [0.717, 1.165) is 0 Å². The van der Waals surface area contributed by atoms with Crippen LogP contribution in [0.4, 0.5) is 11.4 Å². The van der Waals surface area contributed by atoms with E-state index in [-0.39, 0.29) is 33.3 Å². The van der Waals surface area contributed by atoms with Crippen molar-refractivity contribution in [1.29, 1.82) is 0 Å². The normalized spacial score (nSPS) is 10.2. The average Bonchev–Trinajstić information content (AvgIpc) is 2.55. The van der Waals surface area contributed by atoms with Crippen LogP contribution in [0.5, 0.6) is 0 Å². The first-order valence-electron chi connectivity index (χ1n) is 7.29. The summed E-state index contributed by atoms with van der Waals surface area (Å²) in [6.45, 7) is 1.51. The van der Waals surface area contributed by atoms with Crippen molar-refractivity contribution in [1.82, 2.24) is 4.90 Å². The highest BCUT2D eigenvalue weighted by Crippen LogP contribution is 2.24. The predicted octanol–water partition coefficient (Wildman–Crippen LogP) is 3.51. The molecular weight excluding hydrogens is 346 g/mol. The number of benzene rings is 2. The zero-order chi connectivity index (χ0) is 18.7. The molecule has 8 heteroatoms. The van der Waals surface area contributed by atoms with Gasteiger partial charge in [-0.15, -0.1) is 0 Å². The van der Waals surface area contributed by atoms with Crippen LogP contribution >= 0.6 is 11.6 Å². The summed E-state index contributed by atoms with van der Waals surface area (Å²) in [7, 11) is 3.19. The molecule has 0 aliphatic rings. The summed E-state index contributed by atoms with van der Waals surface area (Å²) in [5.41, 5.74) is 0.936. The van der Waals surface area contributed by atoms with Crippen LogP contribution in [0, 0.1) is 17.0 Å². The quantitative estimate of drug-likeness (QED) is 0.666. The molecule has 0 unspecified atom stereocenters. The Kier molecular flexibility index (Phi) is 5.38.